The van der Waals surface area contributed by atoms with Gasteiger partial charge in [-0.3, -0.25) is 14.5 Å². The molecule has 0 bridgehead atoms. The smallest absolute Gasteiger partial charge is 0.240 e. The SMILES string of the molecule is COc1ccc(CCNC(=O)CN(C(C)=O)c2cc(OC)ccc2OC)cc1. The Hall–Kier alpha value is -3.22. The number of benzene rings is 2. The molecule has 7 heteroatoms. The number of carbonyl (C=O) groups is 2. The van der Waals surface area contributed by atoms with Crippen molar-refractivity contribution in [3.05, 3.63) is 48.0 Å². The molecule has 0 aromatic heterocycles. The molecule has 0 aliphatic heterocycles. The van der Waals surface area contributed by atoms with Crippen LogP contribution in [0, 0.1) is 0 Å². The number of hydrogen-bond acceptors (Lipinski definition) is 5. The minimum atomic E-state index is -0.267. The standard InChI is InChI=1S/C21H26N2O5/c1-15(24)23(19-13-18(27-3)9-10-20(19)28-4)14-21(25)22-12-11-16-5-7-17(26-2)8-6-16/h5-10,13H,11-12,14H2,1-4H3,(H,22,25). The molecular formula is C21H26N2O5. The van der Waals surface area contributed by atoms with Gasteiger partial charge in [0.2, 0.25) is 11.8 Å². The van der Waals surface area contributed by atoms with Crippen molar-refractivity contribution >= 4 is 17.5 Å². The number of amides is 2. The Morgan fingerprint density at radius 1 is 0.929 bits per heavy atom. The number of nitrogens with zero attached hydrogens (tertiary/aromatic N) is 1. The molecule has 2 amide bonds. The van der Waals surface area contributed by atoms with Crippen molar-refractivity contribution in [2.24, 2.45) is 0 Å². The Labute approximate surface area is 165 Å². The third-order valence-corrected chi connectivity index (χ3v) is 4.25. The van der Waals surface area contributed by atoms with Crippen LogP contribution >= 0.6 is 0 Å². The zero-order chi connectivity index (χ0) is 20.5. The van der Waals surface area contributed by atoms with Crippen LogP contribution in [-0.2, 0) is 16.0 Å². The topological polar surface area (TPSA) is 77.1 Å². The van der Waals surface area contributed by atoms with E-state index in [1.807, 2.05) is 24.3 Å². The zero-order valence-corrected chi connectivity index (χ0v) is 16.7. The Morgan fingerprint density at radius 2 is 1.57 bits per heavy atom. The van der Waals surface area contributed by atoms with Crippen LogP contribution in [0.4, 0.5) is 5.69 Å². The first kappa shape index (κ1) is 21.1. The van der Waals surface area contributed by atoms with E-state index in [-0.39, 0.29) is 18.4 Å². The predicted octanol–water partition coefficient (Wildman–Crippen LogP) is 2.42. The van der Waals surface area contributed by atoms with Gasteiger partial charge in [-0.1, -0.05) is 12.1 Å². The Kier molecular flexibility index (Phi) is 7.68. The molecule has 0 atom stereocenters. The van der Waals surface area contributed by atoms with Gasteiger partial charge in [0.1, 0.15) is 23.8 Å². The Morgan fingerprint density at radius 3 is 2.14 bits per heavy atom. The quantitative estimate of drug-likeness (QED) is 0.716. The van der Waals surface area contributed by atoms with Crippen LogP contribution in [-0.4, -0.2) is 46.2 Å². The van der Waals surface area contributed by atoms with Gasteiger partial charge in [0.25, 0.3) is 0 Å². The van der Waals surface area contributed by atoms with E-state index >= 15 is 0 Å². The van der Waals surface area contributed by atoms with Gasteiger partial charge >= 0.3 is 0 Å². The molecule has 0 saturated heterocycles. The van der Waals surface area contributed by atoms with E-state index in [4.69, 9.17) is 14.2 Å². The number of carbonyl (C=O) groups excluding carboxylic acids is 2. The lowest BCUT2D eigenvalue weighted by atomic mass is 10.1. The predicted molar refractivity (Wildman–Crippen MR) is 107 cm³/mol. The van der Waals surface area contributed by atoms with Crippen LogP contribution in [0.5, 0.6) is 17.2 Å². The molecular weight excluding hydrogens is 360 g/mol. The van der Waals surface area contributed by atoms with Crippen LogP contribution in [0.1, 0.15) is 12.5 Å². The molecule has 2 rings (SSSR count). The summed E-state index contributed by atoms with van der Waals surface area (Å²) < 4.78 is 15.7. The molecule has 1 N–H and O–H groups in total. The maximum Gasteiger partial charge on any atom is 0.240 e. The minimum absolute atomic E-state index is 0.110. The summed E-state index contributed by atoms with van der Waals surface area (Å²) >= 11 is 0. The van der Waals surface area contributed by atoms with Gasteiger partial charge in [-0.25, -0.2) is 0 Å². The third-order valence-electron chi connectivity index (χ3n) is 4.25. The van der Waals surface area contributed by atoms with E-state index in [9.17, 15) is 9.59 Å². The van der Waals surface area contributed by atoms with Crippen LogP contribution in [0.2, 0.25) is 0 Å². The highest BCUT2D eigenvalue weighted by molar-refractivity contribution is 5.98. The van der Waals surface area contributed by atoms with Gasteiger partial charge in [0.05, 0.1) is 27.0 Å². The Balaban J connectivity index is 2.00. The van der Waals surface area contributed by atoms with Crippen molar-refractivity contribution in [1.29, 1.82) is 0 Å². The lowest BCUT2D eigenvalue weighted by Crippen LogP contribution is -2.40. The van der Waals surface area contributed by atoms with Crippen molar-refractivity contribution in [1.82, 2.24) is 5.32 Å². The largest absolute Gasteiger partial charge is 0.497 e. The van der Waals surface area contributed by atoms with E-state index in [1.165, 1.54) is 26.0 Å². The summed E-state index contributed by atoms with van der Waals surface area (Å²) in [6, 6.07) is 12.8. The lowest BCUT2D eigenvalue weighted by molar-refractivity contribution is -0.123. The second kappa shape index (κ2) is 10.2. The van der Waals surface area contributed by atoms with Crippen LogP contribution < -0.4 is 24.4 Å². The van der Waals surface area contributed by atoms with E-state index in [0.717, 1.165) is 11.3 Å². The number of methoxy groups -OCH3 is 3. The first-order valence-corrected chi connectivity index (χ1v) is 8.88. The summed E-state index contributed by atoms with van der Waals surface area (Å²) in [5.41, 5.74) is 1.57. The van der Waals surface area contributed by atoms with Crippen LogP contribution in [0.15, 0.2) is 42.5 Å². The van der Waals surface area contributed by atoms with E-state index in [2.05, 4.69) is 5.32 Å². The third kappa shape index (κ3) is 5.64. The maximum absolute atomic E-state index is 12.4. The second-order valence-electron chi connectivity index (χ2n) is 6.09. The van der Waals surface area contributed by atoms with Crippen molar-refractivity contribution in [2.45, 2.75) is 13.3 Å². The molecule has 2 aromatic carbocycles. The van der Waals surface area contributed by atoms with Crippen molar-refractivity contribution < 1.29 is 23.8 Å². The molecule has 0 fully saturated rings. The summed E-state index contributed by atoms with van der Waals surface area (Å²) in [7, 11) is 4.67. The fraction of sp³-hybridized carbons (Fsp3) is 0.333. The zero-order valence-electron chi connectivity index (χ0n) is 16.7. The molecule has 0 unspecified atom stereocenters. The van der Waals surface area contributed by atoms with Crippen molar-refractivity contribution in [3.8, 4) is 17.2 Å². The molecule has 0 spiro atoms. The first-order chi connectivity index (χ1) is 13.5. The summed E-state index contributed by atoms with van der Waals surface area (Å²) in [5.74, 6) is 1.33. The average Bonchev–Trinajstić information content (AvgIpc) is 2.71. The molecule has 0 saturated carbocycles. The van der Waals surface area contributed by atoms with Crippen LogP contribution in [0.3, 0.4) is 0 Å². The summed E-state index contributed by atoms with van der Waals surface area (Å²) in [6.45, 7) is 1.76. The first-order valence-electron chi connectivity index (χ1n) is 8.88. The van der Waals surface area contributed by atoms with Gasteiger partial charge in [-0.15, -0.1) is 0 Å². The molecule has 0 aliphatic rings. The molecule has 150 valence electrons. The normalized spacial score (nSPS) is 10.1. The monoisotopic (exact) mass is 386 g/mol. The molecule has 0 heterocycles. The molecule has 28 heavy (non-hydrogen) atoms. The van der Waals surface area contributed by atoms with Gasteiger partial charge in [0.15, 0.2) is 0 Å². The molecule has 7 nitrogen and oxygen atoms in total. The van der Waals surface area contributed by atoms with E-state index in [0.29, 0.717) is 30.2 Å². The highest BCUT2D eigenvalue weighted by atomic mass is 16.5. The number of nitrogens with one attached hydrogen (secondary N) is 1. The fourth-order valence-corrected chi connectivity index (χ4v) is 2.71. The highest BCUT2D eigenvalue weighted by Crippen LogP contribution is 2.32. The van der Waals surface area contributed by atoms with Gasteiger partial charge in [-0.2, -0.15) is 0 Å². The van der Waals surface area contributed by atoms with Gasteiger partial charge in [-0.05, 0) is 36.2 Å². The number of anilines is 1. The number of rotatable bonds is 9. The number of ether oxygens (including phenoxy) is 3. The van der Waals surface area contributed by atoms with Crippen molar-refractivity contribution in [2.75, 3.05) is 39.3 Å². The number of hydrogen-bond donors (Lipinski definition) is 1. The molecule has 0 radical (unpaired) electrons. The van der Waals surface area contributed by atoms with Gasteiger partial charge < -0.3 is 19.5 Å². The minimum Gasteiger partial charge on any atom is -0.497 e. The lowest BCUT2D eigenvalue weighted by Gasteiger charge is -2.23. The summed E-state index contributed by atoms with van der Waals surface area (Å²) in [5, 5.41) is 2.84. The van der Waals surface area contributed by atoms with E-state index in [1.54, 1.807) is 25.3 Å². The Bertz CT molecular complexity index is 805. The summed E-state index contributed by atoms with van der Waals surface area (Å²) in [4.78, 5) is 25.9. The maximum atomic E-state index is 12.4. The van der Waals surface area contributed by atoms with Crippen LogP contribution in [0.25, 0.3) is 0 Å². The second-order valence-corrected chi connectivity index (χ2v) is 6.09. The molecule has 0 aliphatic carbocycles. The fourth-order valence-electron chi connectivity index (χ4n) is 2.71. The van der Waals surface area contributed by atoms with Gasteiger partial charge in [0, 0.05) is 19.5 Å². The highest BCUT2D eigenvalue weighted by Gasteiger charge is 2.20. The molecule has 2 aromatic rings. The van der Waals surface area contributed by atoms with E-state index < -0.39 is 0 Å². The summed E-state index contributed by atoms with van der Waals surface area (Å²) in [6.07, 6.45) is 0.679. The average molecular weight is 386 g/mol. The van der Waals surface area contributed by atoms with Crippen molar-refractivity contribution in [3.63, 3.8) is 0 Å².